The molecule has 0 radical (unpaired) electrons. The van der Waals surface area contributed by atoms with Gasteiger partial charge in [-0.2, -0.15) is 0 Å². The molecule has 4 rings (SSSR count). The van der Waals surface area contributed by atoms with Crippen molar-refractivity contribution in [2.24, 2.45) is 11.8 Å². The first kappa shape index (κ1) is 21.5. The zero-order valence-corrected chi connectivity index (χ0v) is 18.3. The molecule has 1 aromatic rings. The van der Waals surface area contributed by atoms with E-state index in [2.05, 4.69) is 23.5 Å². The number of amides is 1. The first-order chi connectivity index (χ1) is 14.6. The van der Waals surface area contributed by atoms with E-state index >= 15 is 0 Å². The molecule has 0 bridgehead atoms. The quantitative estimate of drug-likeness (QED) is 0.465. The Balaban J connectivity index is 1.19. The highest BCUT2D eigenvalue weighted by Gasteiger charge is 2.43. The maximum absolute atomic E-state index is 12.1. The van der Waals surface area contributed by atoms with Gasteiger partial charge in [-0.15, -0.1) is 0 Å². The Bertz CT molecular complexity index is 733. The summed E-state index contributed by atoms with van der Waals surface area (Å²) >= 11 is 1.70. The lowest BCUT2D eigenvalue weighted by molar-refractivity contribution is -0.0907. The molecule has 1 aromatic carbocycles. The highest BCUT2D eigenvalue weighted by atomic mass is 32.2. The Morgan fingerprint density at radius 3 is 3.03 bits per heavy atom. The minimum absolute atomic E-state index is 0.162. The molecular weight excluding hydrogens is 408 g/mol. The highest BCUT2D eigenvalue weighted by Crippen LogP contribution is 2.37. The number of hydrogen-bond acceptors (Lipinski definition) is 8. The van der Waals surface area contributed by atoms with Crippen LogP contribution in [0.4, 0.5) is 4.79 Å². The summed E-state index contributed by atoms with van der Waals surface area (Å²) in [7, 11) is 0. The third-order valence-corrected chi connectivity index (χ3v) is 6.30. The van der Waals surface area contributed by atoms with Crippen molar-refractivity contribution >= 4 is 18.0 Å². The van der Waals surface area contributed by atoms with Gasteiger partial charge < -0.3 is 29.0 Å². The van der Waals surface area contributed by atoms with E-state index in [-0.39, 0.29) is 31.2 Å². The van der Waals surface area contributed by atoms with Gasteiger partial charge in [0.15, 0.2) is 17.8 Å². The van der Waals surface area contributed by atoms with Gasteiger partial charge in [0.2, 0.25) is 6.79 Å². The van der Waals surface area contributed by atoms with Crippen LogP contribution in [0.3, 0.4) is 0 Å². The summed E-state index contributed by atoms with van der Waals surface area (Å²) in [5.41, 5.74) is 0. The number of benzene rings is 1. The molecule has 0 unspecified atom stereocenters. The number of carbonyl (C=O) groups excluding carboxylic acids is 1. The molecule has 3 heterocycles. The van der Waals surface area contributed by atoms with Gasteiger partial charge in [0, 0.05) is 24.5 Å². The van der Waals surface area contributed by atoms with Crippen molar-refractivity contribution in [1.29, 1.82) is 0 Å². The molecule has 0 spiro atoms. The molecular formula is C21H30N2O6S. The average molecular weight is 439 g/mol. The third kappa shape index (κ3) is 5.51. The van der Waals surface area contributed by atoms with Gasteiger partial charge in [0.1, 0.15) is 6.10 Å². The van der Waals surface area contributed by atoms with Gasteiger partial charge in [-0.1, -0.05) is 13.8 Å². The molecule has 2 saturated heterocycles. The van der Waals surface area contributed by atoms with E-state index < -0.39 is 0 Å². The second-order valence-electron chi connectivity index (χ2n) is 8.14. The van der Waals surface area contributed by atoms with Crippen LogP contribution in [-0.4, -0.2) is 62.4 Å². The van der Waals surface area contributed by atoms with Crippen molar-refractivity contribution in [2.75, 3.05) is 39.6 Å². The van der Waals surface area contributed by atoms with Crippen LogP contribution in [0, 0.1) is 11.8 Å². The normalized spacial score (nSPS) is 24.5. The van der Waals surface area contributed by atoms with Crippen molar-refractivity contribution < 1.29 is 28.5 Å². The van der Waals surface area contributed by atoms with Crippen LogP contribution in [0.5, 0.6) is 11.5 Å². The molecule has 30 heavy (non-hydrogen) atoms. The van der Waals surface area contributed by atoms with Gasteiger partial charge in [0.05, 0.1) is 19.1 Å². The fraction of sp³-hybridized carbons (Fsp3) is 0.667. The summed E-state index contributed by atoms with van der Waals surface area (Å²) in [6, 6.07) is 6.01. The first-order valence-electron chi connectivity index (χ1n) is 10.6. The van der Waals surface area contributed by atoms with Crippen LogP contribution in [0.15, 0.2) is 23.1 Å². The second-order valence-corrected chi connectivity index (χ2v) is 9.31. The van der Waals surface area contributed by atoms with Crippen molar-refractivity contribution in [1.82, 2.24) is 9.62 Å². The molecule has 0 aliphatic carbocycles. The third-order valence-electron chi connectivity index (χ3n) is 5.24. The van der Waals surface area contributed by atoms with E-state index in [9.17, 15) is 4.79 Å². The first-order valence-corrected chi connectivity index (χ1v) is 11.4. The van der Waals surface area contributed by atoms with Crippen LogP contribution < -0.4 is 14.8 Å². The Morgan fingerprint density at radius 2 is 2.17 bits per heavy atom. The summed E-state index contributed by atoms with van der Waals surface area (Å²) in [6.45, 7) is 8.13. The van der Waals surface area contributed by atoms with E-state index in [0.29, 0.717) is 25.7 Å². The smallest absolute Gasteiger partial charge is 0.407 e. The SMILES string of the molecule is CC(C)CN(CCCNC(=O)O[C@H]1CO[C@H]2OCC[C@H]21)Sc1ccc2c(c1)OCO2. The molecule has 3 aliphatic rings. The van der Waals surface area contributed by atoms with E-state index in [1.807, 2.05) is 18.2 Å². The number of hydrogen-bond donors (Lipinski definition) is 1. The monoisotopic (exact) mass is 438 g/mol. The Morgan fingerprint density at radius 1 is 1.30 bits per heavy atom. The molecule has 8 nitrogen and oxygen atoms in total. The fourth-order valence-corrected chi connectivity index (χ4v) is 5.02. The summed E-state index contributed by atoms with van der Waals surface area (Å²) in [6.07, 6.45) is 0.909. The van der Waals surface area contributed by atoms with Gasteiger partial charge in [-0.25, -0.2) is 9.10 Å². The number of nitrogens with zero attached hydrogens (tertiary/aromatic N) is 1. The van der Waals surface area contributed by atoms with Crippen molar-refractivity contribution in [3.8, 4) is 11.5 Å². The van der Waals surface area contributed by atoms with Gasteiger partial charge in [-0.3, -0.25) is 0 Å². The fourth-order valence-electron chi connectivity index (χ4n) is 3.84. The average Bonchev–Trinajstić information content (AvgIpc) is 3.42. The lowest BCUT2D eigenvalue weighted by atomic mass is 10.0. The molecule has 0 aromatic heterocycles. The van der Waals surface area contributed by atoms with Crippen molar-refractivity contribution in [3.05, 3.63) is 18.2 Å². The van der Waals surface area contributed by atoms with Crippen LogP contribution in [0.1, 0.15) is 26.7 Å². The Labute approximate surface area is 181 Å². The minimum Gasteiger partial charge on any atom is -0.454 e. The zero-order valence-electron chi connectivity index (χ0n) is 17.5. The maximum atomic E-state index is 12.1. The molecule has 3 aliphatic heterocycles. The molecule has 1 amide bonds. The Kier molecular flexibility index (Phi) is 7.24. The van der Waals surface area contributed by atoms with Crippen LogP contribution in [0.25, 0.3) is 0 Å². The molecule has 1 N–H and O–H groups in total. The molecule has 166 valence electrons. The predicted octanol–water partition coefficient (Wildman–Crippen LogP) is 3.26. The van der Waals surface area contributed by atoms with Crippen LogP contribution >= 0.6 is 11.9 Å². The molecule has 2 fully saturated rings. The number of nitrogens with one attached hydrogen (secondary N) is 1. The molecule has 9 heteroatoms. The largest absolute Gasteiger partial charge is 0.454 e. The zero-order chi connectivity index (χ0) is 20.9. The second kappa shape index (κ2) is 10.1. The van der Waals surface area contributed by atoms with Gasteiger partial charge in [0.25, 0.3) is 0 Å². The van der Waals surface area contributed by atoms with E-state index in [1.165, 1.54) is 0 Å². The van der Waals surface area contributed by atoms with Crippen molar-refractivity contribution in [2.45, 2.75) is 44.0 Å². The number of carbonyl (C=O) groups is 1. The Hall–Kier alpha value is -1.68. The van der Waals surface area contributed by atoms with Gasteiger partial charge >= 0.3 is 6.09 Å². The number of alkyl carbamates (subject to hydrolysis) is 1. The van der Waals surface area contributed by atoms with E-state index in [1.54, 1.807) is 11.9 Å². The summed E-state index contributed by atoms with van der Waals surface area (Å²) in [5.74, 6) is 2.28. The minimum atomic E-state index is -0.380. The lowest BCUT2D eigenvalue weighted by Crippen LogP contribution is -2.34. The lowest BCUT2D eigenvalue weighted by Gasteiger charge is -2.23. The molecule has 0 saturated carbocycles. The standard InChI is InChI=1S/C21H30N2O6S/c1-14(2)11-23(30-15-4-5-17-18(10-15)28-13-27-17)8-3-7-22-21(24)29-19-12-26-20-16(19)6-9-25-20/h4-5,10,14,16,19-20H,3,6-9,11-13H2,1-2H3,(H,22,24)/t16-,19-,20+/m0/s1. The van der Waals surface area contributed by atoms with Crippen LogP contribution in [-0.2, 0) is 14.2 Å². The van der Waals surface area contributed by atoms with Crippen molar-refractivity contribution in [3.63, 3.8) is 0 Å². The van der Waals surface area contributed by atoms with Gasteiger partial charge in [-0.05, 0) is 48.9 Å². The predicted molar refractivity (Wildman–Crippen MR) is 112 cm³/mol. The summed E-state index contributed by atoms with van der Waals surface area (Å²) < 4.78 is 29.7. The number of fused-ring (bicyclic) bond motifs is 2. The topological polar surface area (TPSA) is 78.5 Å². The number of ether oxygens (including phenoxy) is 5. The molecule has 3 atom stereocenters. The highest BCUT2D eigenvalue weighted by molar-refractivity contribution is 7.97. The van der Waals surface area contributed by atoms with E-state index in [4.69, 9.17) is 23.7 Å². The summed E-state index contributed by atoms with van der Waals surface area (Å²) in [4.78, 5) is 13.2. The van der Waals surface area contributed by atoms with Crippen LogP contribution in [0.2, 0.25) is 0 Å². The number of rotatable bonds is 9. The summed E-state index contributed by atoms with van der Waals surface area (Å²) in [5, 5.41) is 2.87. The van der Waals surface area contributed by atoms with E-state index in [0.717, 1.165) is 42.3 Å². The maximum Gasteiger partial charge on any atom is 0.407 e.